The predicted octanol–water partition coefficient (Wildman–Crippen LogP) is 0.711. The minimum atomic E-state index is -0.328. The van der Waals surface area contributed by atoms with Gasteiger partial charge in [0.15, 0.2) is 5.15 Å². The Morgan fingerprint density at radius 3 is 2.93 bits per heavy atom. The largest absolute Gasteiger partial charge is 0.494 e. The monoisotopic (exact) mass is 411 g/mol. The van der Waals surface area contributed by atoms with E-state index in [0.717, 1.165) is 11.5 Å². The number of rotatable bonds is 2. The standard InChI is InChI=1S/C16H18ClN5O4S/c17-14-11(9-18)16(27-20-14)22-4-2-19-13(23)1-3-21(5-6-22)15(24)12-10-25-7-8-26-12/h10H,1-8H2,(H,19,23). The van der Waals surface area contributed by atoms with Crippen molar-refractivity contribution in [3.63, 3.8) is 0 Å². The fourth-order valence-corrected chi connectivity index (χ4v) is 3.82. The molecule has 3 rings (SSSR count). The molecule has 2 amide bonds. The highest BCUT2D eigenvalue weighted by Gasteiger charge is 2.26. The highest BCUT2D eigenvalue weighted by Crippen LogP contribution is 2.31. The maximum absolute atomic E-state index is 12.7. The number of carbonyl (C=O) groups excluding carboxylic acids is 2. The van der Waals surface area contributed by atoms with E-state index in [1.807, 2.05) is 4.90 Å². The summed E-state index contributed by atoms with van der Waals surface area (Å²) in [6.45, 7) is 2.68. The van der Waals surface area contributed by atoms with Crippen molar-refractivity contribution in [3.8, 4) is 6.07 Å². The summed E-state index contributed by atoms with van der Waals surface area (Å²) in [4.78, 5) is 28.2. The summed E-state index contributed by atoms with van der Waals surface area (Å²) >= 11 is 7.10. The minimum Gasteiger partial charge on any atom is -0.494 e. The third-order valence-electron chi connectivity index (χ3n) is 4.13. The number of nitrogens with one attached hydrogen (secondary N) is 1. The van der Waals surface area contributed by atoms with E-state index >= 15 is 0 Å². The first kappa shape index (κ1) is 19.3. The first-order valence-electron chi connectivity index (χ1n) is 8.41. The Bertz CT molecular complexity index is 790. The van der Waals surface area contributed by atoms with Crippen LogP contribution in [0.1, 0.15) is 12.0 Å². The fraction of sp³-hybridized carbons (Fsp3) is 0.500. The Kier molecular flexibility index (Phi) is 6.36. The van der Waals surface area contributed by atoms with E-state index in [9.17, 15) is 14.9 Å². The van der Waals surface area contributed by atoms with Gasteiger partial charge >= 0.3 is 0 Å². The highest BCUT2D eigenvalue weighted by atomic mass is 35.5. The number of carbonyl (C=O) groups is 2. The van der Waals surface area contributed by atoms with Crippen LogP contribution in [-0.4, -0.2) is 67.0 Å². The van der Waals surface area contributed by atoms with Gasteiger partial charge < -0.3 is 24.6 Å². The van der Waals surface area contributed by atoms with Crippen LogP contribution in [0.5, 0.6) is 0 Å². The van der Waals surface area contributed by atoms with Crippen LogP contribution in [0.3, 0.4) is 0 Å². The van der Waals surface area contributed by atoms with Gasteiger partial charge in [-0.05, 0) is 11.5 Å². The van der Waals surface area contributed by atoms with Crippen LogP contribution in [-0.2, 0) is 19.1 Å². The fourth-order valence-electron chi connectivity index (χ4n) is 2.74. The summed E-state index contributed by atoms with van der Waals surface area (Å²) in [5.74, 6) is -0.345. The van der Waals surface area contributed by atoms with Gasteiger partial charge in [0.1, 0.15) is 36.1 Å². The minimum absolute atomic E-state index is 0.129. The van der Waals surface area contributed by atoms with E-state index in [1.54, 1.807) is 4.90 Å². The smallest absolute Gasteiger partial charge is 0.292 e. The Morgan fingerprint density at radius 1 is 1.33 bits per heavy atom. The number of aromatic nitrogens is 1. The Hall–Kier alpha value is -2.51. The summed E-state index contributed by atoms with van der Waals surface area (Å²) < 4.78 is 14.5. The van der Waals surface area contributed by atoms with Gasteiger partial charge in [-0.1, -0.05) is 11.6 Å². The third-order valence-corrected chi connectivity index (χ3v) is 5.41. The highest BCUT2D eigenvalue weighted by molar-refractivity contribution is 7.10. The molecule has 0 aliphatic carbocycles. The van der Waals surface area contributed by atoms with E-state index < -0.39 is 0 Å². The predicted molar refractivity (Wildman–Crippen MR) is 98.2 cm³/mol. The summed E-state index contributed by atoms with van der Waals surface area (Å²) in [6, 6.07) is 2.06. The molecule has 3 heterocycles. The van der Waals surface area contributed by atoms with E-state index in [1.165, 1.54) is 6.26 Å². The molecule has 0 aromatic carbocycles. The van der Waals surface area contributed by atoms with Gasteiger partial charge in [-0.15, -0.1) is 0 Å². The normalized spacial score (nSPS) is 18.5. The molecule has 2 aliphatic rings. The SMILES string of the molecule is N#Cc1c(Cl)nsc1N1CCNC(=O)CCN(C(=O)C2=COCCO2)CC1. The van der Waals surface area contributed by atoms with Crippen LogP contribution in [0, 0.1) is 11.3 Å². The number of anilines is 1. The number of nitriles is 1. The molecule has 11 heteroatoms. The molecule has 144 valence electrons. The summed E-state index contributed by atoms with van der Waals surface area (Å²) in [5, 5.41) is 12.9. The van der Waals surface area contributed by atoms with Crippen LogP contribution >= 0.6 is 23.1 Å². The number of hydrogen-bond acceptors (Lipinski definition) is 8. The molecule has 1 aromatic rings. The molecule has 0 saturated carbocycles. The van der Waals surface area contributed by atoms with Crippen LogP contribution in [0.4, 0.5) is 5.00 Å². The van der Waals surface area contributed by atoms with Crippen LogP contribution in [0.15, 0.2) is 12.0 Å². The van der Waals surface area contributed by atoms with Crippen molar-refractivity contribution in [3.05, 3.63) is 22.7 Å². The zero-order valence-corrected chi connectivity index (χ0v) is 16.0. The lowest BCUT2D eigenvalue weighted by atomic mass is 10.2. The first-order chi connectivity index (χ1) is 13.1. The summed E-state index contributed by atoms with van der Waals surface area (Å²) in [7, 11) is 0. The van der Waals surface area contributed by atoms with Crippen LogP contribution < -0.4 is 10.2 Å². The molecule has 1 N–H and O–H groups in total. The molecule has 2 aliphatic heterocycles. The van der Waals surface area contributed by atoms with Gasteiger partial charge in [0.05, 0.1) is 0 Å². The van der Waals surface area contributed by atoms with Crippen LogP contribution in [0.2, 0.25) is 5.15 Å². The van der Waals surface area contributed by atoms with Crippen molar-refractivity contribution in [1.82, 2.24) is 14.6 Å². The molecule has 0 radical (unpaired) electrons. The average molecular weight is 412 g/mol. The molecule has 0 unspecified atom stereocenters. The lowest BCUT2D eigenvalue weighted by Gasteiger charge is -2.30. The Labute approximate surface area is 165 Å². The number of nitrogens with zero attached hydrogens (tertiary/aromatic N) is 4. The van der Waals surface area contributed by atoms with Gasteiger partial charge in [-0.2, -0.15) is 9.64 Å². The molecule has 1 fully saturated rings. The van der Waals surface area contributed by atoms with Gasteiger partial charge in [-0.25, -0.2) is 0 Å². The zero-order chi connectivity index (χ0) is 19.2. The lowest BCUT2D eigenvalue weighted by molar-refractivity contribution is -0.133. The average Bonchev–Trinajstić information content (AvgIpc) is 3.07. The van der Waals surface area contributed by atoms with Crippen molar-refractivity contribution >= 4 is 39.9 Å². The molecule has 27 heavy (non-hydrogen) atoms. The Morgan fingerprint density at radius 2 is 2.19 bits per heavy atom. The van der Waals surface area contributed by atoms with Gasteiger partial charge in [0.25, 0.3) is 5.91 Å². The quantitative estimate of drug-likeness (QED) is 0.763. The first-order valence-corrected chi connectivity index (χ1v) is 9.56. The second-order valence-electron chi connectivity index (χ2n) is 5.85. The van der Waals surface area contributed by atoms with Crippen molar-refractivity contribution in [2.45, 2.75) is 6.42 Å². The number of halogens is 1. The topological polar surface area (TPSA) is 108 Å². The summed E-state index contributed by atoms with van der Waals surface area (Å²) in [5.41, 5.74) is 0.301. The van der Waals surface area contributed by atoms with Crippen molar-refractivity contribution < 1.29 is 19.1 Å². The zero-order valence-electron chi connectivity index (χ0n) is 14.4. The molecule has 1 saturated heterocycles. The molecule has 1 aromatic heterocycles. The van der Waals surface area contributed by atoms with Crippen molar-refractivity contribution in [1.29, 1.82) is 5.26 Å². The maximum Gasteiger partial charge on any atom is 0.292 e. The molecular weight excluding hydrogens is 394 g/mol. The number of hydrogen-bond donors (Lipinski definition) is 1. The van der Waals surface area contributed by atoms with Gasteiger partial charge in [0, 0.05) is 39.1 Å². The second-order valence-corrected chi connectivity index (χ2v) is 6.96. The van der Waals surface area contributed by atoms with Crippen LogP contribution in [0.25, 0.3) is 0 Å². The number of ether oxygens (including phenoxy) is 2. The van der Waals surface area contributed by atoms with Crippen molar-refractivity contribution in [2.75, 3.05) is 50.8 Å². The molecule has 0 atom stereocenters. The van der Waals surface area contributed by atoms with Gasteiger partial charge in [-0.3, -0.25) is 9.59 Å². The third kappa shape index (κ3) is 4.61. The maximum atomic E-state index is 12.7. The molecule has 0 spiro atoms. The molecule has 0 bridgehead atoms. The van der Waals surface area contributed by atoms with E-state index in [0.29, 0.717) is 50.0 Å². The second kappa shape index (κ2) is 8.92. The van der Waals surface area contributed by atoms with E-state index in [2.05, 4.69) is 15.8 Å². The molecular formula is C16H18ClN5O4S. The lowest BCUT2D eigenvalue weighted by Crippen LogP contribution is -2.45. The van der Waals surface area contributed by atoms with Crippen molar-refractivity contribution in [2.24, 2.45) is 0 Å². The van der Waals surface area contributed by atoms with Gasteiger partial charge in [0.2, 0.25) is 11.7 Å². The Balaban J connectivity index is 1.79. The van der Waals surface area contributed by atoms with E-state index in [-0.39, 0.29) is 35.7 Å². The number of amides is 2. The molecule has 9 nitrogen and oxygen atoms in total. The summed E-state index contributed by atoms with van der Waals surface area (Å²) in [6.07, 6.45) is 1.51. The van der Waals surface area contributed by atoms with E-state index in [4.69, 9.17) is 21.1 Å².